The van der Waals surface area contributed by atoms with Crippen molar-refractivity contribution in [2.75, 3.05) is 19.6 Å². The number of nitrogens with one attached hydrogen (secondary N) is 1. The van der Waals surface area contributed by atoms with Crippen LogP contribution in [0.15, 0.2) is 0 Å². The van der Waals surface area contributed by atoms with Gasteiger partial charge in [-0.2, -0.15) is 12.7 Å². The first-order valence-electron chi connectivity index (χ1n) is 5.91. The van der Waals surface area contributed by atoms with Crippen molar-refractivity contribution in [3.63, 3.8) is 0 Å². The Morgan fingerprint density at radius 1 is 1.44 bits per heavy atom. The van der Waals surface area contributed by atoms with E-state index in [1.54, 1.807) is 0 Å². The van der Waals surface area contributed by atoms with E-state index in [9.17, 15) is 8.42 Å². The largest absolute Gasteiger partial charge is 0.315 e. The molecule has 3 N–H and O–H groups in total. The molecule has 1 saturated heterocycles. The highest BCUT2D eigenvalue weighted by Crippen LogP contribution is 2.18. The number of hydrogen-bond donors (Lipinski definition) is 2. The number of nitrogens with two attached hydrogens (primary N) is 1. The Hall–Kier alpha value is -0.170. The molecule has 1 atom stereocenters. The van der Waals surface area contributed by atoms with E-state index in [1.165, 1.54) is 4.31 Å². The van der Waals surface area contributed by atoms with Gasteiger partial charge >= 0.3 is 0 Å². The second-order valence-electron chi connectivity index (χ2n) is 4.86. The molecule has 0 radical (unpaired) electrons. The molecule has 0 aliphatic carbocycles. The van der Waals surface area contributed by atoms with Crippen molar-refractivity contribution in [1.82, 2.24) is 9.62 Å². The van der Waals surface area contributed by atoms with E-state index >= 15 is 0 Å². The van der Waals surface area contributed by atoms with Gasteiger partial charge in [-0.3, -0.25) is 0 Å². The number of rotatable bonds is 5. The van der Waals surface area contributed by atoms with Gasteiger partial charge in [0.1, 0.15) is 0 Å². The normalized spacial score (nSPS) is 23.9. The second-order valence-corrected chi connectivity index (χ2v) is 6.36. The lowest BCUT2D eigenvalue weighted by atomic mass is 10.0. The van der Waals surface area contributed by atoms with Crippen LogP contribution in [0.25, 0.3) is 0 Å². The molecule has 1 aliphatic heterocycles. The van der Waals surface area contributed by atoms with Gasteiger partial charge in [-0.05, 0) is 25.3 Å². The smallest absolute Gasteiger partial charge is 0.277 e. The summed E-state index contributed by atoms with van der Waals surface area (Å²) in [5.74, 6) is 0.575. The minimum absolute atomic E-state index is 0.0301. The third-order valence-corrected chi connectivity index (χ3v) is 3.97. The zero-order valence-electron chi connectivity index (χ0n) is 10.1. The summed E-state index contributed by atoms with van der Waals surface area (Å²) in [5.41, 5.74) is 0. The summed E-state index contributed by atoms with van der Waals surface area (Å²) in [5, 5.41) is 8.50. The van der Waals surface area contributed by atoms with Gasteiger partial charge in [0.25, 0.3) is 10.2 Å². The molecule has 0 aromatic heterocycles. The fourth-order valence-corrected chi connectivity index (χ4v) is 3.03. The summed E-state index contributed by atoms with van der Waals surface area (Å²) in [6, 6.07) is 0.0301. The highest BCUT2D eigenvalue weighted by atomic mass is 32.2. The first kappa shape index (κ1) is 13.9. The highest BCUT2D eigenvalue weighted by Gasteiger charge is 2.29. The average Bonchev–Trinajstić information content (AvgIpc) is 2.16. The summed E-state index contributed by atoms with van der Waals surface area (Å²) in [6.45, 7) is 6.44. The molecule has 5 nitrogen and oxygen atoms in total. The van der Waals surface area contributed by atoms with E-state index in [0.29, 0.717) is 19.0 Å². The van der Waals surface area contributed by atoms with E-state index in [-0.39, 0.29) is 6.04 Å². The van der Waals surface area contributed by atoms with Crippen molar-refractivity contribution in [1.29, 1.82) is 0 Å². The first-order valence-corrected chi connectivity index (χ1v) is 7.42. The van der Waals surface area contributed by atoms with E-state index in [0.717, 1.165) is 25.8 Å². The van der Waals surface area contributed by atoms with Gasteiger partial charge < -0.3 is 5.32 Å². The van der Waals surface area contributed by atoms with Gasteiger partial charge in [-0.15, -0.1) is 0 Å². The van der Waals surface area contributed by atoms with Crippen LogP contribution in [0.4, 0.5) is 0 Å². The molecule has 0 saturated carbocycles. The molecule has 16 heavy (non-hydrogen) atoms. The zero-order valence-corrected chi connectivity index (χ0v) is 11.0. The summed E-state index contributed by atoms with van der Waals surface area (Å²) in [7, 11) is -3.53. The monoisotopic (exact) mass is 249 g/mol. The van der Waals surface area contributed by atoms with Crippen LogP contribution in [-0.4, -0.2) is 38.4 Å². The first-order chi connectivity index (χ1) is 7.41. The van der Waals surface area contributed by atoms with Crippen LogP contribution >= 0.6 is 0 Å². The van der Waals surface area contributed by atoms with Gasteiger partial charge in [0.05, 0.1) is 0 Å². The molecule has 96 valence electrons. The predicted octanol–water partition coefficient (Wildman–Crippen LogP) is 0.290. The Bertz CT molecular complexity index is 303. The maximum absolute atomic E-state index is 11.4. The molecule has 1 heterocycles. The molecule has 1 rings (SSSR count). The van der Waals surface area contributed by atoms with Crippen LogP contribution in [-0.2, 0) is 10.2 Å². The lowest BCUT2D eigenvalue weighted by Crippen LogP contribution is -2.51. The number of piperidine rings is 1. The highest BCUT2D eigenvalue weighted by molar-refractivity contribution is 7.86. The van der Waals surface area contributed by atoms with Crippen molar-refractivity contribution < 1.29 is 8.42 Å². The van der Waals surface area contributed by atoms with E-state index in [4.69, 9.17) is 5.14 Å². The molecular weight excluding hydrogens is 226 g/mol. The van der Waals surface area contributed by atoms with E-state index < -0.39 is 10.2 Å². The number of nitrogens with zero attached hydrogens (tertiary/aromatic N) is 1. The topological polar surface area (TPSA) is 75.4 Å². The predicted molar refractivity (Wildman–Crippen MR) is 65.2 cm³/mol. The molecule has 1 fully saturated rings. The Morgan fingerprint density at radius 2 is 2.12 bits per heavy atom. The maximum atomic E-state index is 11.4. The van der Waals surface area contributed by atoms with Crippen LogP contribution in [0.1, 0.15) is 33.1 Å². The van der Waals surface area contributed by atoms with Gasteiger partial charge in [0.15, 0.2) is 0 Å². The van der Waals surface area contributed by atoms with Crippen LogP contribution in [0.3, 0.4) is 0 Å². The molecule has 0 amide bonds. The van der Waals surface area contributed by atoms with Gasteiger partial charge in [0, 0.05) is 19.1 Å². The van der Waals surface area contributed by atoms with Crippen LogP contribution in [0, 0.1) is 5.92 Å². The molecule has 6 heteroatoms. The van der Waals surface area contributed by atoms with Crippen molar-refractivity contribution in [2.45, 2.75) is 39.2 Å². The summed E-state index contributed by atoms with van der Waals surface area (Å²) >= 11 is 0. The number of hydrogen-bond acceptors (Lipinski definition) is 3. The minimum Gasteiger partial charge on any atom is -0.315 e. The van der Waals surface area contributed by atoms with Crippen molar-refractivity contribution >= 4 is 10.2 Å². The standard InChI is InChI=1S/C10H23N3O2S/c1-9(2)7-12-8-10-5-3-4-6-13(10)16(11,14)15/h9-10,12H,3-8H2,1-2H3,(H2,11,14,15). The summed E-state index contributed by atoms with van der Waals surface area (Å²) < 4.78 is 24.2. The quantitative estimate of drug-likeness (QED) is 0.735. The van der Waals surface area contributed by atoms with Crippen molar-refractivity contribution in [3.8, 4) is 0 Å². The third-order valence-electron chi connectivity index (χ3n) is 2.83. The molecule has 0 bridgehead atoms. The lowest BCUT2D eigenvalue weighted by Gasteiger charge is -2.33. The van der Waals surface area contributed by atoms with Gasteiger partial charge in [-0.1, -0.05) is 20.3 Å². The molecule has 1 unspecified atom stereocenters. The van der Waals surface area contributed by atoms with Gasteiger partial charge in [0.2, 0.25) is 0 Å². The summed E-state index contributed by atoms with van der Waals surface area (Å²) in [6.07, 6.45) is 2.90. The maximum Gasteiger partial charge on any atom is 0.277 e. The van der Waals surface area contributed by atoms with Crippen molar-refractivity contribution in [3.05, 3.63) is 0 Å². The molecule has 0 aromatic rings. The molecule has 1 aliphatic rings. The Kier molecular flexibility index (Phi) is 5.17. The second kappa shape index (κ2) is 5.95. The van der Waals surface area contributed by atoms with Crippen molar-refractivity contribution in [2.24, 2.45) is 11.1 Å². The fraction of sp³-hybridized carbons (Fsp3) is 1.00. The van der Waals surface area contributed by atoms with E-state index in [1.807, 2.05) is 0 Å². The van der Waals surface area contributed by atoms with Crippen LogP contribution in [0.2, 0.25) is 0 Å². The van der Waals surface area contributed by atoms with Crippen LogP contribution < -0.4 is 10.5 Å². The fourth-order valence-electron chi connectivity index (χ4n) is 2.05. The third kappa shape index (κ3) is 4.37. The van der Waals surface area contributed by atoms with Gasteiger partial charge in [-0.25, -0.2) is 5.14 Å². The lowest BCUT2D eigenvalue weighted by molar-refractivity contribution is 0.244. The Morgan fingerprint density at radius 3 is 2.69 bits per heavy atom. The zero-order chi connectivity index (χ0) is 12.2. The average molecular weight is 249 g/mol. The minimum atomic E-state index is -3.53. The summed E-state index contributed by atoms with van der Waals surface area (Å²) in [4.78, 5) is 0. The molecule has 0 spiro atoms. The Balaban J connectivity index is 2.48. The molecular formula is C10H23N3O2S. The van der Waals surface area contributed by atoms with E-state index in [2.05, 4.69) is 19.2 Å². The molecule has 0 aromatic carbocycles. The SMILES string of the molecule is CC(C)CNCC1CCCCN1S(N)(=O)=O. The van der Waals surface area contributed by atoms with Crippen LogP contribution in [0.5, 0.6) is 0 Å². The Labute approximate surface area is 98.6 Å².